The number of fused-ring (bicyclic) bond motifs is 2. The lowest BCUT2D eigenvalue weighted by atomic mass is 9.85. The highest BCUT2D eigenvalue weighted by Gasteiger charge is 2.26. The molecule has 1 nitrogen and oxygen atoms in total. The lowest BCUT2D eigenvalue weighted by Crippen LogP contribution is -2.15. The van der Waals surface area contributed by atoms with Crippen LogP contribution in [-0.4, -0.2) is 5.78 Å². The van der Waals surface area contributed by atoms with E-state index >= 15 is 0 Å². The lowest BCUT2D eigenvalue weighted by molar-refractivity contribution is 0.103. The Morgan fingerprint density at radius 3 is 2.47 bits per heavy atom. The van der Waals surface area contributed by atoms with E-state index in [-0.39, 0.29) is 5.78 Å². The first-order valence-electron chi connectivity index (χ1n) is 5.28. The highest BCUT2D eigenvalue weighted by molar-refractivity contribution is 6.36. The second kappa shape index (κ2) is 3.86. The maximum Gasteiger partial charge on any atom is 0.195 e. The summed E-state index contributed by atoms with van der Waals surface area (Å²) in [5.74, 6) is -0.0330. The van der Waals surface area contributed by atoms with Crippen molar-refractivity contribution in [1.82, 2.24) is 0 Å². The molecule has 0 unspecified atom stereocenters. The van der Waals surface area contributed by atoms with E-state index in [1.54, 1.807) is 18.2 Å². The van der Waals surface area contributed by atoms with Crippen LogP contribution in [0.3, 0.4) is 0 Å². The number of hydrogen-bond donors (Lipinski definition) is 0. The van der Waals surface area contributed by atoms with Crippen LogP contribution in [-0.2, 0) is 6.42 Å². The second-order valence-corrected chi connectivity index (χ2v) is 4.86. The van der Waals surface area contributed by atoms with Gasteiger partial charge < -0.3 is 0 Å². The average Bonchev–Trinajstić information content (AvgIpc) is 2.31. The summed E-state index contributed by atoms with van der Waals surface area (Å²) in [6.45, 7) is 0. The van der Waals surface area contributed by atoms with Gasteiger partial charge in [0.25, 0.3) is 0 Å². The summed E-state index contributed by atoms with van der Waals surface area (Å²) in [5.41, 5.74) is 3.12. The molecule has 1 aliphatic carbocycles. The summed E-state index contributed by atoms with van der Waals surface area (Å²) in [5, 5.41) is 1.15. The van der Waals surface area contributed by atoms with Gasteiger partial charge in [-0.05, 0) is 23.3 Å². The van der Waals surface area contributed by atoms with Crippen molar-refractivity contribution in [3.8, 4) is 0 Å². The van der Waals surface area contributed by atoms with Crippen LogP contribution in [0.4, 0.5) is 0 Å². The van der Waals surface area contributed by atoms with Crippen LogP contribution in [0.2, 0.25) is 10.0 Å². The number of hydrogen-bond acceptors (Lipinski definition) is 1. The van der Waals surface area contributed by atoms with Crippen LogP contribution in [0.1, 0.15) is 27.0 Å². The van der Waals surface area contributed by atoms with Gasteiger partial charge in [0, 0.05) is 22.6 Å². The second-order valence-electron chi connectivity index (χ2n) is 4.05. The van der Waals surface area contributed by atoms with Gasteiger partial charge in [-0.25, -0.2) is 0 Å². The molecule has 0 saturated heterocycles. The maximum absolute atomic E-state index is 12.3. The fourth-order valence-electron chi connectivity index (χ4n) is 2.25. The van der Waals surface area contributed by atoms with Crippen LogP contribution >= 0.6 is 23.2 Å². The maximum atomic E-state index is 12.3. The highest BCUT2D eigenvalue weighted by Crippen LogP contribution is 2.34. The molecular weight excluding hydrogens is 255 g/mol. The number of carbonyl (C=O) groups excluding carboxylic acids is 1. The van der Waals surface area contributed by atoms with E-state index in [1.807, 2.05) is 18.2 Å². The van der Waals surface area contributed by atoms with Gasteiger partial charge >= 0.3 is 0 Å². The van der Waals surface area contributed by atoms with Gasteiger partial charge in [0.05, 0.1) is 5.02 Å². The van der Waals surface area contributed by atoms with Crippen molar-refractivity contribution in [3.05, 3.63) is 68.7 Å². The van der Waals surface area contributed by atoms with Gasteiger partial charge in [0.2, 0.25) is 0 Å². The van der Waals surface area contributed by atoms with E-state index in [0.29, 0.717) is 27.6 Å². The third-order valence-electron chi connectivity index (χ3n) is 3.06. The van der Waals surface area contributed by atoms with Gasteiger partial charge in [-0.3, -0.25) is 4.79 Å². The summed E-state index contributed by atoms with van der Waals surface area (Å²) in [7, 11) is 0. The zero-order chi connectivity index (χ0) is 12.0. The molecule has 2 aromatic carbocycles. The molecule has 17 heavy (non-hydrogen) atoms. The van der Waals surface area contributed by atoms with E-state index in [0.717, 1.165) is 11.1 Å². The van der Waals surface area contributed by atoms with Crippen molar-refractivity contribution >= 4 is 29.0 Å². The zero-order valence-electron chi connectivity index (χ0n) is 8.84. The van der Waals surface area contributed by atoms with E-state index in [2.05, 4.69) is 0 Å². The van der Waals surface area contributed by atoms with Crippen LogP contribution in [0.15, 0.2) is 36.4 Å². The number of rotatable bonds is 0. The fourth-order valence-corrected chi connectivity index (χ4v) is 2.77. The minimum atomic E-state index is -0.0330. The molecule has 0 N–H and O–H groups in total. The SMILES string of the molecule is O=C1c2cccc(Cl)c2Cc2cccc(Cl)c21. The summed E-state index contributed by atoms with van der Waals surface area (Å²) < 4.78 is 0. The number of carbonyl (C=O) groups is 1. The number of halogens is 2. The molecule has 0 amide bonds. The topological polar surface area (TPSA) is 17.1 Å². The molecular formula is C14H8Cl2O. The molecule has 0 heterocycles. The summed E-state index contributed by atoms with van der Waals surface area (Å²) in [6.07, 6.45) is 0.663. The van der Waals surface area contributed by atoms with Gasteiger partial charge in [-0.1, -0.05) is 47.5 Å². The van der Waals surface area contributed by atoms with E-state index in [1.165, 1.54) is 0 Å². The Kier molecular flexibility index (Phi) is 2.46. The molecule has 2 aromatic rings. The van der Waals surface area contributed by atoms with E-state index < -0.39 is 0 Å². The molecule has 0 fully saturated rings. The van der Waals surface area contributed by atoms with Crippen LogP contribution in [0, 0.1) is 0 Å². The highest BCUT2D eigenvalue weighted by atomic mass is 35.5. The molecule has 0 spiro atoms. The largest absolute Gasteiger partial charge is 0.289 e. The van der Waals surface area contributed by atoms with Crippen molar-refractivity contribution in [1.29, 1.82) is 0 Å². The summed E-state index contributed by atoms with van der Waals surface area (Å²) in [6, 6.07) is 10.9. The molecule has 0 bridgehead atoms. The fraction of sp³-hybridized carbons (Fsp3) is 0.0714. The third kappa shape index (κ3) is 1.58. The van der Waals surface area contributed by atoms with E-state index in [9.17, 15) is 4.79 Å². The van der Waals surface area contributed by atoms with Gasteiger partial charge in [0.15, 0.2) is 5.78 Å². The van der Waals surface area contributed by atoms with Gasteiger partial charge in [-0.15, -0.1) is 0 Å². The summed E-state index contributed by atoms with van der Waals surface area (Å²) >= 11 is 12.2. The minimum Gasteiger partial charge on any atom is -0.289 e. The first-order valence-corrected chi connectivity index (χ1v) is 6.03. The molecule has 0 radical (unpaired) electrons. The molecule has 3 heteroatoms. The van der Waals surface area contributed by atoms with E-state index in [4.69, 9.17) is 23.2 Å². The molecule has 0 aromatic heterocycles. The molecule has 84 valence electrons. The van der Waals surface area contributed by atoms with Gasteiger partial charge in [0.1, 0.15) is 0 Å². The molecule has 3 rings (SSSR count). The molecule has 0 atom stereocenters. The predicted octanol–water partition coefficient (Wildman–Crippen LogP) is 4.13. The van der Waals surface area contributed by atoms with Crippen molar-refractivity contribution in [2.75, 3.05) is 0 Å². The zero-order valence-corrected chi connectivity index (χ0v) is 10.3. The lowest BCUT2D eigenvalue weighted by Gasteiger charge is -2.20. The third-order valence-corrected chi connectivity index (χ3v) is 3.73. The normalized spacial score (nSPS) is 13.2. The number of benzene rings is 2. The van der Waals surface area contributed by atoms with Crippen molar-refractivity contribution in [2.24, 2.45) is 0 Å². The predicted molar refractivity (Wildman–Crippen MR) is 69.1 cm³/mol. The standard InChI is InChI=1S/C14H8Cl2O/c15-11-5-2-4-9-10(11)7-8-3-1-6-12(16)13(8)14(9)17/h1-6H,7H2. The van der Waals surface area contributed by atoms with Crippen molar-refractivity contribution in [2.45, 2.75) is 6.42 Å². The van der Waals surface area contributed by atoms with Crippen LogP contribution in [0.25, 0.3) is 0 Å². The van der Waals surface area contributed by atoms with Crippen molar-refractivity contribution < 1.29 is 4.79 Å². The quantitative estimate of drug-likeness (QED) is 0.596. The molecule has 0 saturated carbocycles. The first kappa shape index (κ1) is 10.8. The smallest absolute Gasteiger partial charge is 0.195 e. The monoisotopic (exact) mass is 262 g/mol. The van der Waals surface area contributed by atoms with Crippen LogP contribution in [0.5, 0.6) is 0 Å². The van der Waals surface area contributed by atoms with Crippen LogP contribution < -0.4 is 0 Å². The van der Waals surface area contributed by atoms with Gasteiger partial charge in [-0.2, -0.15) is 0 Å². The van der Waals surface area contributed by atoms with Crippen molar-refractivity contribution in [3.63, 3.8) is 0 Å². The Labute approximate surface area is 109 Å². The Morgan fingerprint density at radius 2 is 1.65 bits per heavy atom. The minimum absolute atomic E-state index is 0.0330. The first-order chi connectivity index (χ1) is 8.18. The Balaban J connectivity index is 2.29. The Morgan fingerprint density at radius 1 is 0.941 bits per heavy atom. The average molecular weight is 263 g/mol. The summed E-state index contributed by atoms with van der Waals surface area (Å²) in [4.78, 5) is 12.3. The Bertz CT molecular complexity index is 632. The number of ketones is 1. The Hall–Kier alpha value is -1.31. The molecule has 1 aliphatic rings. The molecule has 0 aliphatic heterocycles.